The molecule has 20 nitrogen and oxygen atoms in total. The molecule has 4 amide bonds. The lowest BCUT2D eigenvalue weighted by Crippen LogP contribution is -2.40. The smallest absolute Gasteiger partial charge is 0.325 e. The summed E-state index contributed by atoms with van der Waals surface area (Å²) in [6.45, 7) is 3.15. The van der Waals surface area contributed by atoms with Crippen LogP contribution in [0, 0.1) is 13.8 Å². The number of aryl methyl sites for hydroxylation is 4. The van der Waals surface area contributed by atoms with Crippen LogP contribution >= 0.6 is 0 Å². The van der Waals surface area contributed by atoms with Crippen molar-refractivity contribution in [3.05, 3.63) is 107 Å². The molecule has 0 fully saturated rings. The molecule has 0 unspecified atom stereocenters. The van der Waals surface area contributed by atoms with Crippen LogP contribution in [0.15, 0.2) is 84.9 Å². The molecule has 6 rings (SSSR count). The Morgan fingerprint density at radius 1 is 0.615 bits per heavy atom. The van der Waals surface area contributed by atoms with Crippen LogP contribution in [-0.2, 0) is 34.1 Å². The summed E-state index contributed by atoms with van der Waals surface area (Å²) in [6, 6.07) is 15.0. The predicted molar refractivity (Wildman–Crippen MR) is 230 cm³/mol. The van der Waals surface area contributed by atoms with Gasteiger partial charge in [0.25, 0.3) is 6.43 Å². The second-order valence-corrected chi connectivity index (χ2v) is 17.5. The molecule has 0 aliphatic carbocycles. The molecule has 0 aliphatic rings. The van der Waals surface area contributed by atoms with E-state index in [4.69, 9.17) is 0 Å². The number of nitrogens with zero attached hydrogens (tertiary/aromatic N) is 8. The number of rotatable bonds is 13. The molecule has 0 bridgehead atoms. The van der Waals surface area contributed by atoms with Crippen molar-refractivity contribution in [2.45, 2.75) is 38.5 Å². The molecule has 0 aliphatic heterocycles. The van der Waals surface area contributed by atoms with E-state index in [2.05, 4.69) is 56.0 Å². The SMILES string of the molecule is Cc1nc(-c2nnn(C)c2NC(=O)N[C@@H](c2ccccc2)C(F)(F)F)ccc1NS(C)(=O)=O.Cc1nc(-c2nnn(C)c2NC(=O)N[C@@H](c2ccccc2)C(F)F)ccc1NS(C)(=O)=O. The molecular weight excluding hydrogens is 908 g/mol. The molecular formula is C38H41F5N14O6S2. The monoisotopic (exact) mass is 948 g/mol. The molecule has 0 saturated heterocycles. The number of nitrogens with one attached hydrogen (secondary N) is 6. The van der Waals surface area contributed by atoms with Crippen LogP contribution in [0.2, 0.25) is 0 Å². The number of urea groups is 2. The van der Waals surface area contributed by atoms with E-state index in [-0.39, 0.29) is 51.2 Å². The summed E-state index contributed by atoms with van der Waals surface area (Å²) in [5, 5.41) is 24.5. The number of hydrogen-bond donors (Lipinski definition) is 6. The fourth-order valence-corrected chi connectivity index (χ4v) is 7.08. The van der Waals surface area contributed by atoms with Crippen molar-refractivity contribution in [2.24, 2.45) is 14.1 Å². The van der Waals surface area contributed by atoms with Crippen LogP contribution in [-0.4, -0.2) is 94.0 Å². The minimum Gasteiger partial charge on any atom is -0.325 e. The average Bonchev–Trinajstić information content (AvgIpc) is 3.77. The number of pyridine rings is 2. The zero-order chi connectivity index (χ0) is 47.9. The van der Waals surface area contributed by atoms with Gasteiger partial charge in [-0.25, -0.2) is 54.5 Å². The maximum atomic E-state index is 13.5. The van der Waals surface area contributed by atoms with Crippen LogP contribution in [0.5, 0.6) is 0 Å². The quantitative estimate of drug-likeness (QED) is 0.0766. The third kappa shape index (κ3) is 13.4. The molecule has 6 N–H and O–H groups in total. The van der Waals surface area contributed by atoms with Crippen LogP contribution in [0.25, 0.3) is 22.8 Å². The van der Waals surface area contributed by atoms with Crippen molar-refractivity contribution in [2.75, 3.05) is 32.6 Å². The van der Waals surface area contributed by atoms with Crippen LogP contribution in [0.3, 0.4) is 0 Å². The Morgan fingerprint density at radius 2 is 1.02 bits per heavy atom. The number of hydrogen-bond acceptors (Lipinski definition) is 12. The lowest BCUT2D eigenvalue weighted by molar-refractivity contribution is -0.154. The van der Waals surface area contributed by atoms with Gasteiger partial charge >= 0.3 is 18.2 Å². The summed E-state index contributed by atoms with van der Waals surface area (Å²) < 4.78 is 121. The summed E-state index contributed by atoms with van der Waals surface area (Å²) in [4.78, 5) is 33.5. The Hall–Kier alpha value is -7.29. The van der Waals surface area contributed by atoms with Gasteiger partial charge in [0.2, 0.25) is 20.0 Å². The highest BCUT2D eigenvalue weighted by Gasteiger charge is 2.42. The molecule has 0 radical (unpaired) electrons. The first-order valence-electron chi connectivity index (χ1n) is 18.7. The standard InChI is InChI=1S/C19H20F3N7O3S.C19H21F2N7O3S/c1-11-13(27-33(3,31)32)9-10-14(23-11)15-17(29(2)28-26-15)25-18(30)24-16(19(20,21)22)12-7-5-4-6-8-12;1-11-13(26-32(3,30)31)9-10-14(22-11)16-18(28(2)27-25-16)24-19(29)23-15(17(20)21)12-7-5-4-6-8-12/h4-10,16,27H,1-3H3,(H2,24,25,30);4-10,15,17,26H,1-3H3,(H2,23,24,29)/t16-;15-/m00/s1. The fourth-order valence-electron chi connectivity index (χ4n) is 5.85. The third-order valence-electron chi connectivity index (χ3n) is 8.80. The predicted octanol–water partition coefficient (Wildman–Crippen LogP) is 5.67. The molecule has 4 heterocycles. The Balaban J connectivity index is 0.000000244. The van der Waals surface area contributed by atoms with Gasteiger partial charge in [0.15, 0.2) is 29.1 Å². The topological polar surface area (TPSA) is 262 Å². The zero-order valence-electron chi connectivity index (χ0n) is 35.0. The molecule has 2 aromatic carbocycles. The van der Waals surface area contributed by atoms with E-state index in [1.807, 2.05) is 5.32 Å². The second kappa shape index (κ2) is 20.0. The van der Waals surface area contributed by atoms with Crippen molar-refractivity contribution in [1.29, 1.82) is 0 Å². The number of amides is 4. The molecule has 27 heteroatoms. The van der Waals surface area contributed by atoms with Crippen LogP contribution < -0.4 is 30.7 Å². The first kappa shape index (κ1) is 48.7. The van der Waals surface area contributed by atoms with E-state index in [1.54, 1.807) is 38.1 Å². The van der Waals surface area contributed by atoms with E-state index >= 15 is 0 Å². The van der Waals surface area contributed by atoms with Gasteiger partial charge in [-0.1, -0.05) is 71.1 Å². The first-order valence-corrected chi connectivity index (χ1v) is 22.5. The van der Waals surface area contributed by atoms with Gasteiger partial charge in [0, 0.05) is 14.1 Å². The fraction of sp³-hybridized carbons (Fsp3) is 0.263. The van der Waals surface area contributed by atoms with Gasteiger partial charge in [-0.2, -0.15) is 13.2 Å². The lowest BCUT2D eigenvalue weighted by Gasteiger charge is -2.22. The minimum atomic E-state index is -4.73. The van der Waals surface area contributed by atoms with E-state index < -0.39 is 56.8 Å². The molecule has 65 heavy (non-hydrogen) atoms. The maximum Gasteiger partial charge on any atom is 0.412 e. The Morgan fingerprint density at radius 3 is 1.38 bits per heavy atom. The number of sulfonamides is 2. The summed E-state index contributed by atoms with van der Waals surface area (Å²) in [7, 11) is -4.05. The summed E-state index contributed by atoms with van der Waals surface area (Å²) in [5.41, 5.74) is 2.15. The average molecular weight is 949 g/mol. The number of benzene rings is 2. The highest BCUT2D eigenvalue weighted by molar-refractivity contribution is 7.92. The largest absolute Gasteiger partial charge is 0.412 e. The van der Waals surface area contributed by atoms with Crippen molar-refractivity contribution >= 4 is 55.1 Å². The van der Waals surface area contributed by atoms with Gasteiger partial charge in [0.1, 0.15) is 6.04 Å². The minimum absolute atomic E-state index is 0.00258. The molecule has 0 spiro atoms. The highest BCUT2D eigenvalue weighted by Crippen LogP contribution is 2.33. The lowest BCUT2D eigenvalue weighted by atomic mass is 10.1. The molecule has 2 atom stereocenters. The normalized spacial score (nSPS) is 12.6. The molecule has 6 aromatic rings. The van der Waals surface area contributed by atoms with Gasteiger partial charge < -0.3 is 10.6 Å². The van der Waals surface area contributed by atoms with E-state index in [9.17, 15) is 48.4 Å². The van der Waals surface area contributed by atoms with Crippen LogP contribution in [0.4, 0.5) is 54.6 Å². The van der Waals surface area contributed by atoms with E-state index in [0.717, 1.165) is 12.5 Å². The molecule has 0 saturated carbocycles. The number of carbonyl (C=O) groups excluding carboxylic acids is 2. The van der Waals surface area contributed by atoms with Gasteiger partial charge in [-0.15, -0.1) is 10.2 Å². The third-order valence-corrected chi connectivity index (χ3v) is 9.98. The van der Waals surface area contributed by atoms with E-state index in [1.165, 1.54) is 84.1 Å². The van der Waals surface area contributed by atoms with E-state index in [0.29, 0.717) is 17.1 Å². The maximum absolute atomic E-state index is 13.5. The number of anilines is 4. The Kier molecular flexibility index (Phi) is 15.0. The number of aromatic nitrogens is 8. The number of halogens is 5. The second-order valence-electron chi connectivity index (χ2n) is 14.0. The van der Waals surface area contributed by atoms with Crippen molar-refractivity contribution in [1.82, 2.24) is 50.6 Å². The van der Waals surface area contributed by atoms with Crippen molar-refractivity contribution < 1.29 is 48.4 Å². The first-order chi connectivity index (χ1) is 30.4. The molecule has 346 valence electrons. The van der Waals surface area contributed by atoms with Crippen molar-refractivity contribution in [3.63, 3.8) is 0 Å². The van der Waals surface area contributed by atoms with Crippen molar-refractivity contribution in [3.8, 4) is 22.8 Å². The van der Waals surface area contributed by atoms with Crippen LogP contribution in [0.1, 0.15) is 34.6 Å². The summed E-state index contributed by atoms with van der Waals surface area (Å²) >= 11 is 0. The number of alkyl halides is 5. The van der Waals surface area contributed by atoms with Gasteiger partial charge in [-0.05, 0) is 49.2 Å². The summed E-state index contributed by atoms with van der Waals surface area (Å²) in [5.74, 6) is 0.122. The van der Waals surface area contributed by atoms with Gasteiger partial charge in [-0.3, -0.25) is 20.1 Å². The Labute approximate surface area is 368 Å². The number of carbonyl (C=O) groups is 2. The highest BCUT2D eigenvalue weighted by atomic mass is 32.2. The zero-order valence-corrected chi connectivity index (χ0v) is 36.7. The Bertz CT molecular complexity index is 2870. The molecule has 4 aromatic heterocycles. The van der Waals surface area contributed by atoms with Gasteiger partial charge in [0.05, 0.1) is 46.7 Å². The summed E-state index contributed by atoms with van der Waals surface area (Å²) in [6.07, 6.45) is -5.54.